The van der Waals surface area contributed by atoms with Gasteiger partial charge in [0.25, 0.3) is 15.0 Å². The van der Waals surface area contributed by atoms with Crippen LogP contribution in [0.25, 0.3) is 12.2 Å². The largest absolute Gasteiger partial charge is 0.315 e. The van der Waals surface area contributed by atoms with Gasteiger partial charge in [-0.15, -0.1) is 0 Å². The van der Waals surface area contributed by atoms with Crippen molar-refractivity contribution in [3.63, 3.8) is 0 Å². The molecule has 2 unspecified atom stereocenters. The Balaban J connectivity index is 1.88. The molecule has 2 N–H and O–H groups in total. The van der Waals surface area contributed by atoms with Gasteiger partial charge in [0.15, 0.2) is 0 Å². The molecule has 2 aromatic rings. The van der Waals surface area contributed by atoms with Gasteiger partial charge in [-0.3, -0.25) is 9.13 Å². The van der Waals surface area contributed by atoms with Crippen molar-refractivity contribution in [1.82, 2.24) is 10.2 Å². The van der Waals surface area contributed by atoms with Gasteiger partial charge in [0.1, 0.15) is 0 Å². The first-order valence-corrected chi connectivity index (χ1v) is 14.7. The quantitative estimate of drug-likeness (QED) is 0.155. The van der Waals surface area contributed by atoms with Crippen molar-refractivity contribution in [1.29, 1.82) is 0 Å². The first kappa shape index (κ1) is 27.9. The summed E-state index contributed by atoms with van der Waals surface area (Å²) in [5, 5.41) is 5.87. The Morgan fingerprint density at radius 3 is 1.38 bits per heavy atom. The third-order valence-corrected chi connectivity index (χ3v) is 8.14. The molecule has 182 valence electrons. The Morgan fingerprint density at radius 2 is 1.03 bits per heavy atom. The molecule has 0 aliphatic heterocycles. The van der Waals surface area contributed by atoms with E-state index < -0.39 is 15.0 Å². The van der Waals surface area contributed by atoms with Crippen LogP contribution in [0.5, 0.6) is 0 Å². The molecular weight excluding hydrogens is 466 g/mol. The number of rotatable bonds is 15. The lowest BCUT2D eigenvalue weighted by Crippen LogP contribution is -2.24. The maximum atomic E-state index is 13.0. The molecule has 0 heterocycles. The summed E-state index contributed by atoms with van der Waals surface area (Å²) in [5.41, 5.74) is 2.10. The van der Waals surface area contributed by atoms with Crippen molar-refractivity contribution in [2.24, 2.45) is 0 Å². The van der Waals surface area contributed by atoms with Crippen molar-refractivity contribution >= 4 is 27.2 Å². The minimum Gasteiger partial charge on any atom is -0.315 e. The van der Waals surface area contributed by atoms with E-state index in [1.54, 1.807) is 26.0 Å². The molecule has 0 aromatic heterocycles. The lowest BCUT2D eigenvalue weighted by atomic mass is 10.2. The minimum atomic E-state index is -3.18. The molecule has 2 aromatic carbocycles. The number of hydrogen-bond donors (Lipinski definition) is 2. The van der Waals surface area contributed by atoms with Gasteiger partial charge in [0.2, 0.25) is 0 Å². The van der Waals surface area contributed by atoms with Gasteiger partial charge < -0.3 is 9.05 Å². The van der Waals surface area contributed by atoms with Crippen molar-refractivity contribution in [3.8, 4) is 0 Å². The van der Waals surface area contributed by atoms with Crippen LogP contribution >= 0.6 is 15.0 Å². The van der Waals surface area contributed by atoms with E-state index in [1.807, 2.05) is 85.0 Å². The van der Waals surface area contributed by atoms with Gasteiger partial charge in [0.05, 0.1) is 13.2 Å². The molecule has 0 saturated heterocycles. The number of nitrogens with one attached hydrogen (secondary N) is 2. The highest BCUT2D eigenvalue weighted by Crippen LogP contribution is 2.45. The van der Waals surface area contributed by atoms with E-state index >= 15 is 0 Å². The van der Waals surface area contributed by atoms with Crippen molar-refractivity contribution in [2.75, 3.05) is 26.3 Å². The molecule has 0 radical (unpaired) electrons. The lowest BCUT2D eigenvalue weighted by molar-refractivity contribution is 0.327. The predicted molar refractivity (Wildman–Crippen MR) is 144 cm³/mol. The molecule has 2 atom stereocenters. The molecule has 0 aliphatic carbocycles. The first-order chi connectivity index (χ1) is 16.5. The Bertz CT molecular complexity index is 965. The van der Waals surface area contributed by atoms with Gasteiger partial charge in [-0.25, -0.2) is 10.2 Å². The highest BCUT2D eigenvalue weighted by molar-refractivity contribution is 7.60. The molecular formula is C26H34N2O4P2. The topological polar surface area (TPSA) is 76.7 Å². The number of benzene rings is 2. The zero-order chi connectivity index (χ0) is 24.5. The summed E-state index contributed by atoms with van der Waals surface area (Å²) in [6, 6.07) is 19.7. The minimum absolute atomic E-state index is 0.286. The molecule has 0 amide bonds. The third kappa shape index (κ3) is 11.2. The average molecular weight is 501 g/mol. The van der Waals surface area contributed by atoms with Crippen molar-refractivity contribution < 1.29 is 18.2 Å². The molecule has 6 nitrogen and oxygen atoms in total. The second kappa shape index (κ2) is 15.6. The third-order valence-electron chi connectivity index (χ3n) is 4.39. The standard InChI is InChI=1S/C26H34N2O4P2/c1-3-31-33(29,23-13-11-19-25-15-7-5-8-16-25)27-21-22-28-34(30,32-4-2)24-14-12-20-26-17-9-6-10-18-26/h5-20,23-24H,3-4,21-22H2,1-2H3,(H,27,29)(H,28,30)/b19-11+,20-12+,23-13+,24-14+. The van der Waals surface area contributed by atoms with Crippen LogP contribution in [0.1, 0.15) is 25.0 Å². The number of allylic oxidation sites excluding steroid dienone is 4. The summed E-state index contributed by atoms with van der Waals surface area (Å²) in [7, 11) is -6.36. The molecule has 8 heteroatoms. The molecule has 0 saturated carbocycles. The fourth-order valence-electron chi connectivity index (χ4n) is 2.88. The van der Waals surface area contributed by atoms with E-state index in [4.69, 9.17) is 9.05 Å². The van der Waals surface area contributed by atoms with Crippen LogP contribution in [0.3, 0.4) is 0 Å². The van der Waals surface area contributed by atoms with Crippen LogP contribution < -0.4 is 10.2 Å². The van der Waals surface area contributed by atoms with Gasteiger partial charge in [-0.05, 0) is 25.0 Å². The summed E-state index contributed by atoms with van der Waals surface area (Å²) in [4.78, 5) is 0. The Morgan fingerprint density at radius 1 is 0.647 bits per heavy atom. The van der Waals surface area contributed by atoms with E-state index in [0.29, 0.717) is 13.2 Å². The Labute approximate surface area is 203 Å². The monoisotopic (exact) mass is 500 g/mol. The molecule has 0 bridgehead atoms. The molecule has 34 heavy (non-hydrogen) atoms. The fraction of sp³-hybridized carbons (Fsp3) is 0.231. The van der Waals surface area contributed by atoms with E-state index in [0.717, 1.165) is 11.1 Å². The molecule has 0 fully saturated rings. The van der Waals surface area contributed by atoms with Crippen molar-refractivity contribution in [2.45, 2.75) is 13.8 Å². The van der Waals surface area contributed by atoms with Crippen LogP contribution in [0.15, 0.2) is 96.6 Å². The highest BCUT2D eigenvalue weighted by atomic mass is 31.2. The smallest absolute Gasteiger partial charge is 0.292 e. The highest BCUT2D eigenvalue weighted by Gasteiger charge is 2.20. The fourth-order valence-corrected chi connectivity index (χ4v) is 5.71. The maximum absolute atomic E-state index is 13.0. The number of hydrogen-bond acceptors (Lipinski definition) is 4. The summed E-state index contributed by atoms with van der Waals surface area (Å²) in [5.74, 6) is 3.07. The molecule has 0 aliphatic rings. The van der Waals surface area contributed by atoms with Gasteiger partial charge in [-0.2, -0.15) is 0 Å². The summed E-state index contributed by atoms with van der Waals surface area (Å²) in [6.45, 7) is 4.76. The molecule has 2 rings (SSSR count). The van der Waals surface area contributed by atoms with Crippen LogP contribution in [-0.4, -0.2) is 26.3 Å². The lowest BCUT2D eigenvalue weighted by Gasteiger charge is -2.18. The SMILES string of the molecule is CCOP(=O)(/C=C/C=C/c1ccccc1)NCCNP(=O)(/C=C/C=C/c1ccccc1)OCC. The zero-order valence-electron chi connectivity index (χ0n) is 19.7. The van der Waals surface area contributed by atoms with Gasteiger partial charge >= 0.3 is 0 Å². The second-order valence-electron chi connectivity index (χ2n) is 7.07. The van der Waals surface area contributed by atoms with E-state index in [1.165, 1.54) is 11.6 Å². The summed E-state index contributed by atoms with van der Waals surface area (Å²) in [6.07, 6.45) is 10.9. The van der Waals surface area contributed by atoms with E-state index in [-0.39, 0.29) is 13.1 Å². The average Bonchev–Trinajstić information content (AvgIpc) is 2.84. The predicted octanol–water partition coefficient (Wildman–Crippen LogP) is 7.08. The van der Waals surface area contributed by atoms with Gasteiger partial charge in [-0.1, -0.05) is 97.1 Å². The Kier molecular flexibility index (Phi) is 12.8. The summed E-state index contributed by atoms with van der Waals surface area (Å²) < 4.78 is 36.9. The van der Waals surface area contributed by atoms with E-state index in [2.05, 4.69) is 10.2 Å². The van der Waals surface area contributed by atoms with Crippen LogP contribution in [0.4, 0.5) is 0 Å². The zero-order valence-corrected chi connectivity index (χ0v) is 21.5. The summed E-state index contributed by atoms with van der Waals surface area (Å²) >= 11 is 0. The van der Waals surface area contributed by atoms with Crippen LogP contribution in [-0.2, 0) is 18.2 Å². The van der Waals surface area contributed by atoms with Crippen LogP contribution in [0.2, 0.25) is 0 Å². The first-order valence-electron chi connectivity index (χ1n) is 11.3. The Hall–Kier alpha value is -2.30. The normalized spacial score (nSPS) is 15.9. The van der Waals surface area contributed by atoms with Gasteiger partial charge in [0, 0.05) is 24.7 Å². The van der Waals surface area contributed by atoms with Crippen molar-refractivity contribution in [3.05, 3.63) is 108 Å². The molecule has 0 spiro atoms. The second-order valence-corrected chi connectivity index (χ2v) is 11.2. The van der Waals surface area contributed by atoms with Crippen LogP contribution in [0, 0.1) is 0 Å². The maximum Gasteiger partial charge on any atom is 0.292 e. The van der Waals surface area contributed by atoms with E-state index in [9.17, 15) is 9.13 Å².